The van der Waals surface area contributed by atoms with Gasteiger partial charge in [-0.1, -0.05) is 314 Å². The number of carbonyl (C=O) groups is 2. The minimum absolute atomic E-state index is 0.0309. The molecule has 0 aliphatic carbocycles. The molecule has 0 aromatic carbocycles. The predicted octanol–water partition coefficient (Wildman–Crippen LogP) is 20.0. The Morgan fingerprint density at radius 1 is 0.394 bits per heavy atom. The molecule has 0 aromatic rings. The van der Waals surface area contributed by atoms with E-state index in [0.717, 1.165) is 51.4 Å². The molecule has 0 heterocycles. The van der Waals surface area contributed by atoms with Crippen molar-refractivity contribution in [1.29, 1.82) is 0 Å². The van der Waals surface area contributed by atoms with Crippen molar-refractivity contribution in [2.24, 2.45) is 0 Å². The lowest BCUT2D eigenvalue weighted by Gasteiger charge is -2.20. The molecule has 418 valence electrons. The fraction of sp³-hybridized carbons (Fsp3) is 0.877. The van der Waals surface area contributed by atoms with E-state index in [2.05, 4.69) is 43.5 Å². The third-order valence-corrected chi connectivity index (χ3v) is 14.7. The average molecular weight is 999 g/mol. The van der Waals surface area contributed by atoms with Gasteiger partial charge in [-0.3, -0.25) is 9.59 Å². The molecular weight excluding hydrogens is 875 g/mol. The Labute approximate surface area is 443 Å². The van der Waals surface area contributed by atoms with Crippen LogP contribution in [0.4, 0.5) is 0 Å². The first-order valence-corrected chi connectivity index (χ1v) is 31.8. The maximum atomic E-state index is 12.5. The van der Waals surface area contributed by atoms with Gasteiger partial charge in [0, 0.05) is 12.8 Å². The maximum absolute atomic E-state index is 12.5. The van der Waals surface area contributed by atoms with Crippen LogP contribution in [0.1, 0.15) is 341 Å². The maximum Gasteiger partial charge on any atom is 0.305 e. The molecule has 0 aliphatic heterocycles. The topological polar surface area (TPSA) is 95.9 Å². The van der Waals surface area contributed by atoms with Crippen molar-refractivity contribution in [2.45, 2.75) is 353 Å². The molecule has 0 aliphatic rings. The largest absolute Gasteiger partial charge is 0.465 e. The van der Waals surface area contributed by atoms with Crippen LogP contribution in [0.25, 0.3) is 0 Å². The number of amides is 1. The Balaban J connectivity index is 3.44. The van der Waals surface area contributed by atoms with E-state index in [1.54, 1.807) is 6.08 Å². The second-order valence-electron chi connectivity index (χ2n) is 21.7. The number of rotatable bonds is 59. The van der Waals surface area contributed by atoms with E-state index in [-0.39, 0.29) is 18.5 Å². The van der Waals surface area contributed by atoms with Crippen molar-refractivity contribution in [1.82, 2.24) is 5.32 Å². The molecule has 71 heavy (non-hydrogen) atoms. The third-order valence-electron chi connectivity index (χ3n) is 14.7. The highest BCUT2D eigenvalue weighted by atomic mass is 16.5. The number of hydrogen-bond acceptors (Lipinski definition) is 5. The molecule has 0 radical (unpaired) electrons. The first kappa shape index (κ1) is 69.1. The second kappa shape index (κ2) is 60.6. The highest BCUT2D eigenvalue weighted by Gasteiger charge is 2.18. The quantitative estimate of drug-likeness (QED) is 0.0321. The fourth-order valence-electron chi connectivity index (χ4n) is 9.83. The van der Waals surface area contributed by atoms with Crippen LogP contribution in [0.3, 0.4) is 0 Å². The minimum atomic E-state index is -0.848. The molecule has 0 spiro atoms. The van der Waals surface area contributed by atoms with Crippen molar-refractivity contribution in [2.75, 3.05) is 13.2 Å². The third kappa shape index (κ3) is 57.2. The molecule has 1 amide bonds. The predicted molar refractivity (Wildman–Crippen MR) is 310 cm³/mol. The van der Waals surface area contributed by atoms with Crippen LogP contribution >= 0.6 is 0 Å². The smallest absolute Gasteiger partial charge is 0.305 e. The average Bonchev–Trinajstić information content (AvgIpc) is 3.37. The van der Waals surface area contributed by atoms with E-state index >= 15 is 0 Å². The van der Waals surface area contributed by atoms with Gasteiger partial charge in [0.15, 0.2) is 0 Å². The van der Waals surface area contributed by atoms with Gasteiger partial charge in [-0.05, 0) is 51.4 Å². The zero-order chi connectivity index (χ0) is 51.4. The van der Waals surface area contributed by atoms with E-state index < -0.39 is 12.1 Å². The van der Waals surface area contributed by atoms with Crippen molar-refractivity contribution in [3.63, 3.8) is 0 Å². The molecule has 0 bridgehead atoms. The number of nitrogens with one attached hydrogen (secondary N) is 1. The van der Waals surface area contributed by atoms with E-state index in [1.165, 1.54) is 263 Å². The molecule has 0 rings (SSSR count). The fourth-order valence-corrected chi connectivity index (χ4v) is 9.83. The highest BCUT2D eigenvalue weighted by Crippen LogP contribution is 2.18. The van der Waals surface area contributed by atoms with Gasteiger partial charge in [0.2, 0.25) is 5.91 Å². The lowest BCUT2D eigenvalue weighted by molar-refractivity contribution is -0.143. The summed E-state index contributed by atoms with van der Waals surface area (Å²) in [7, 11) is 0. The van der Waals surface area contributed by atoms with Crippen molar-refractivity contribution in [3.8, 4) is 0 Å². The summed E-state index contributed by atoms with van der Waals surface area (Å²) in [5.41, 5.74) is 0. The summed E-state index contributed by atoms with van der Waals surface area (Å²) in [4.78, 5) is 24.5. The first-order chi connectivity index (χ1) is 35.0. The van der Waals surface area contributed by atoms with Gasteiger partial charge in [0.25, 0.3) is 0 Å². The van der Waals surface area contributed by atoms with Gasteiger partial charge in [-0.15, -0.1) is 0 Å². The van der Waals surface area contributed by atoms with Gasteiger partial charge in [-0.25, -0.2) is 0 Å². The number of unbranched alkanes of at least 4 members (excludes halogenated alkanes) is 44. The number of carbonyl (C=O) groups excluding carboxylic acids is 2. The van der Waals surface area contributed by atoms with Crippen LogP contribution in [0.5, 0.6) is 0 Å². The molecule has 0 saturated carbocycles. The zero-order valence-electron chi connectivity index (χ0n) is 47.7. The normalized spacial score (nSPS) is 12.8. The zero-order valence-corrected chi connectivity index (χ0v) is 47.7. The number of ether oxygens (including phenoxy) is 1. The van der Waals surface area contributed by atoms with E-state index in [1.807, 2.05) is 6.08 Å². The monoisotopic (exact) mass is 998 g/mol. The molecule has 0 fully saturated rings. The Hall–Kier alpha value is -1.92. The summed E-state index contributed by atoms with van der Waals surface area (Å²) in [6.45, 7) is 4.81. The van der Waals surface area contributed by atoms with Crippen molar-refractivity contribution in [3.05, 3.63) is 36.5 Å². The summed E-state index contributed by atoms with van der Waals surface area (Å²) >= 11 is 0. The molecular formula is C65H123NO5. The molecule has 6 heteroatoms. The Bertz CT molecular complexity index is 1150. The second-order valence-corrected chi connectivity index (χ2v) is 21.7. The van der Waals surface area contributed by atoms with Crippen LogP contribution in [-0.4, -0.2) is 47.4 Å². The minimum Gasteiger partial charge on any atom is -0.465 e. The lowest BCUT2D eigenvalue weighted by atomic mass is 10.0. The molecule has 0 aromatic heterocycles. The molecule has 6 nitrogen and oxygen atoms in total. The van der Waals surface area contributed by atoms with Gasteiger partial charge in [0.05, 0.1) is 25.4 Å². The summed E-state index contributed by atoms with van der Waals surface area (Å²) in [5.74, 6) is -0.103. The number of esters is 1. The van der Waals surface area contributed by atoms with E-state index in [4.69, 9.17) is 4.74 Å². The van der Waals surface area contributed by atoms with E-state index in [9.17, 15) is 19.8 Å². The van der Waals surface area contributed by atoms with Crippen LogP contribution in [-0.2, 0) is 14.3 Å². The SMILES string of the molecule is CCCCCCCCCCCCCC/C=C/C(O)C(CO)NC(=O)CCCCCCCCCCCCCCCC/C=C\C/C=C\CCOC(=O)CCCCCCCCCCCCCCCCCCCCC. The van der Waals surface area contributed by atoms with Gasteiger partial charge < -0.3 is 20.3 Å². The first-order valence-electron chi connectivity index (χ1n) is 31.8. The summed E-state index contributed by atoms with van der Waals surface area (Å²) < 4.78 is 5.44. The van der Waals surface area contributed by atoms with Crippen LogP contribution in [0, 0.1) is 0 Å². The number of hydrogen-bond donors (Lipinski definition) is 3. The van der Waals surface area contributed by atoms with Crippen molar-refractivity contribution >= 4 is 11.9 Å². The van der Waals surface area contributed by atoms with Crippen LogP contribution in [0.15, 0.2) is 36.5 Å². The number of aliphatic hydroxyl groups is 2. The van der Waals surface area contributed by atoms with Crippen molar-refractivity contribution < 1.29 is 24.5 Å². The van der Waals surface area contributed by atoms with Gasteiger partial charge in [0.1, 0.15) is 0 Å². The number of aliphatic hydroxyl groups excluding tert-OH is 2. The summed E-state index contributed by atoms with van der Waals surface area (Å²) in [6.07, 6.45) is 76.3. The van der Waals surface area contributed by atoms with Gasteiger partial charge >= 0.3 is 5.97 Å². The highest BCUT2D eigenvalue weighted by molar-refractivity contribution is 5.76. The molecule has 0 saturated heterocycles. The Kier molecular flexibility index (Phi) is 59.0. The molecule has 2 unspecified atom stereocenters. The lowest BCUT2D eigenvalue weighted by Crippen LogP contribution is -2.45. The summed E-state index contributed by atoms with van der Waals surface area (Å²) in [5, 5.41) is 23.1. The van der Waals surface area contributed by atoms with Crippen LogP contribution < -0.4 is 5.32 Å². The standard InChI is InChI=1S/C65H123NO5/c1-3-5-7-9-11-13-15-17-19-20-24-28-31-35-39-43-47-51-55-59-65(70)71-60-56-52-48-44-40-36-32-29-26-23-21-22-25-27-30-34-38-42-46-50-54-58-64(69)66-62(61-67)63(68)57-53-49-45-41-37-33-18-16-14-12-10-8-6-4-2/h36,40,48,52-53,57,62-63,67-68H,3-35,37-39,41-47,49-51,54-56,58-61H2,1-2H3,(H,66,69)/b40-36-,52-48-,57-53+. The molecule has 2 atom stereocenters. The number of allylic oxidation sites excluding steroid dienone is 4. The van der Waals surface area contributed by atoms with Crippen LogP contribution in [0.2, 0.25) is 0 Å². The Morgan fingerprint density at radius 2 is 0.704 bits per heavy atom. The van der Waals surface area contributed by atoms with Gasteiger partial charge in [-0.2, -0.15) is 0 Å². The summed E-state index contributed by atoms with van der Waals surface area (Å²) in [6, 6.07) is -0.631. The van der Waals surface area contributed by atoms with E-state index in [0.29, 0.717) is 19.4 Å². The Morgan fingerprint density at radius 3 is 1.07 bits per heavy atom. The molecule has 3 N–H and O–H groups in total.